The fourth-order valence-corrected chi connectivity index (χ4v) is 3.24. The quantitative estimate of drug-likeness (QED) is 0.693. The molecule has 7 nitrogen and oxygen atoms in total. The number of hydrogen-bond donors (Lipinski definition) is 1. The molecule has 0 spiro atoms. The molecule has 0 saturated heterocycles. The summed E-state index contributed by atoms with van der Waals surface area (Å²) in [6.45, 7) is 6.26. The lowest BCUT2D eigenvalue weighted by molar-refractivity contribution is 0.0938. The minimum Gasteiger partial charge on any atom is -0.493 e. The Balaban J connectivity index is 1.95. The minimum atomic E-state index is -0.429. The summed E-state index contributed by atoms with van der Waals surface area (Å²) in [6.07, 6.45) is 1.58. The highest BCUT2D eigenvalue weighted by Gasteiger charge is 2.19. The maximum atomic E-state index is 12.9. The van der Waals surface area contributed by atoms with Crippen LogP contribution in [0.5, 0.6) is 11.5 Å². The summed E-state index contributed by atoms with van der Waals surface area (Å²) >= 11 is 0. The van der Waals surface area contributed by atoms with Gasteiger partial charge < -0.3 is 19.4 Å². The van der Waals surface area contributed by atoms with Gasteiger partial charge in [0.15, 0.2) is 11.5 Å². The second-order valence-electron chi connectivity index (χ2n) is 6.79. The Morgan fingerprint density at radius 3 is 2.55 bits per heavy atom. The number of rotatable bonds is 6. The summed E-state index contributed by atoms with van der Waals surface area (Å²) in [5.41, 5.74) is 2.01. The van der Waals surface area contributed by atoms with E-state index in [4.69, 9.17) is 9.47 Å². The molecular formula is C22H25N3O4. The number of pyridine rings is 2. The third kappa shape index (κ3) is 3.94. The van der Waals surface area contributed by atoms with Gasteiger partial charge in [-0.15, -0.1) is 0 Å². The van der Waals surface area contributed by atoms with Gasteiger partial charge in [-0.25, -0.2) is 4.98 Å². The van der Waals surface area contributed by atoms with E-state index in [2.05, 4.69) is 10.3 Å². The summed E-state index contributed by atoms with van der Waals surface area (Å²) in [5, 5.41) is 3.33. The molecule has 2 aromatic heterocycles. The van der Waals surface area contributed by atoms with Crippen molar-refractivity contribution in [1.82, 2.24) is 14.9 Å². The molecule has 1 aromatic carbocycles. The normalized spacial score (nSPS) is 11.9. The Labute approximate surface area is 169 Å². The van der Waals surface area contributed by atoms with E-state index in [1.54, 1.807) is 44.7 Å². The van der Waals surface area contributed by atoms with Crippen LogP contribution in [0, 0.1) is 6.92 Å². The molecule has 0 aliphatic heterocycles. The Hall–Kier alpha value is -3.35. The van der Waals surface area contributed by atoms with Gasteiger partial charge in [-0.3, -0.25) is 9.59 Å². The number of fused-ring (bicyclic) bond motifs is 1. The Bertz CT molecular complexity index is 1120. The number of ether oxygens (including phenoxy) is 2. The Morgan fingerprint density at radius 2 is 1.90 bits per heavy atom. The van der Waals surface area contributed by atoms with Crippen molar-refractivity contribution in [2.75, 3.05) is 14.2 Å². The number of benzene rings is 1. The van der Waals surface area contributed by atoms with Crippen molar-refractivity contribution in [2.24, 2.45) is 0 Å². The minimum absolute atomic E-state index is 0.0947. The van der Waals surface area contributed by atoms with Crippen molar-refractivity contribution in [3.63, 3.8) is 0 Å². The number of aryl methyl sites for hydroxylation is 2. The van der Waals surface area contributed by atoms with Crippen LogP contribution < -0.4 is 20.2 Å². The van der Waals surface area contributed by atoms with Crippen LogP contribution in [0.1, 0.15) is 41.5 Å². The van der Waals surface area contributed by atoms with Crippen LogP contribution in [-0.2, 0) is 6.54 Å². The number of nitrogens with zero attached hydrogens (tertiary/aromatic N) is 2. The summed E-state index contributed by atoms with van der Waals surface area (Å²) < 4.78 is 12.4. The summed E-state index contributed by atoms with van der Waals surface area (Å²) in [5.74, 6) is 0.756. The fraction of sp³-hybridized carbons (Fsp3) is 0.318. The molecule has 0 saturated carbocycles. The Kier molecular flexibility index (Phi) is 5.87. The van der Waals surface area contributed by atoms with Crippen molar-refractivity contribution in [3.05, 3.63) is 63.6 Å². The van der Waals surface area contributed by atoms with Gasteiger partial charge in [0.25, 0.3) is 5.91 Å². The fourth-order valence-electron chi connectivity index (χ4n) is 3.24. The molecule has 2 heterocycles. The number of hydrogen-bond acceptors (Lipinski definition) is 5. The standard InChI is InChI=1S/C22H25N3O4/c1-6-25-12-17(20(26)16-9-7-13(2)23-21(16)25)22(27)24-14(3)15-8-10-18(28-4)19(11-15)29-5/h7-12,14H,6H2,1-5H3,(H,24,27)/t14-/m1/s1. The lowest BCUT2D eigenvalue weighted by Crippen LogP contribution is -2.32. The predicted octanol–water partition coefficient (Wildman–Crippen LogP) is 3.23. The van der Waals surface area contributed by atoms with Gasteiger partial charge in [-0.2, -0.15) is 0 Å². The molecule has 0 bridgehead atoms. The molecule has 152 valence electrons. The Morgan fingerprint density at radius 1 is 1.17 bits per heavy atom. The SMILES string of the molecule is CCn1cc(C(=O)N[C@H](C)c2ccc(OC)c(OC)c2)c(=O)c2ccc(C)nc21. The first-order valence-electron chi connectivity index (χ1n) is 9.43. The highest BCUT2D eigenvalue weighted by molar-refractivity contribution is 5.97. The highest BCUT2D eigenvalue weighted by atomic mass is 16.5. The van der Waals surface area contributed by atoms with Gasteiger partial charge in [0.1, 0.15) is 11.2 Å². The molecule has 0 aliphatic rings. The number of carbonyl (C=O) groups is 1. The molecule has 3 aromatic rings. The summed E-state index contributed by atoms with van der Waals surface area (Å²) in [7, 11) is 3.13. The molecular weight excluding hydrogens is 370 g/mol. The van der Waals surface area contributed by atoms with Crippen LogP contribution in [0.25, 0.3) is 11.0 Å². The van der Waals surface area contributed by atoms with Gasteiger partial charge in [0, 0.05) is 18.4 Å². The van der Waals surface area contributed by atoms with E-state index in [9.17, 15) is 9.59 Å². The van der Waals surface area contributed by atoms with Gasteiger partial charge in [0.2, 0.25) is 5.43 Å². The van der Waals surface area contributed by atoms with E-state index in [0.717, 1.165) is 11.3 Å². The molecule has 0 radical (unpaired) electrons. The number of amides is 1. The van der Waals surface area contributed by atoms with Crippen LogP contribution in [0.15, 0.2) is 41.3 Å². The summed E-state index contributed by atoms with van der Waals surface area (Å²) in [6, 6.07) is 8.61. The second-order valence-corrected chi connectivity index (χ2v) is 6.79. The van der Waals surface area contributed by atoms with Crippen LogP contribution in [-0.4, -0.2) is 29.7 Å². The number of methoxy groups -OCH3 is 2. The zero-order chi connectivity index (χ0) is 21.1. The number of carbonyl (C=O) groups excluding carboxylic acids is 1. The zero-order valence-electron chi connectivity index (χ0n) is 17.3. The third-order valence-corrected chi connectivity index (χ3v) is 4.90. The topological polar surface area (TPSA) is 82.5 Å². The van der Waals surface area contributed by atoms with E-state index >= 15 is 0 Å². The molecule has 0 unspecified atom stereocenters. The largest absolute Gasteiger partial charge is 0.493 e. The predicted molar refractivity (Wildman–Crippen MR) is 112 cm³/mol. The number of nitrogens with one attached hydrogen (secondary N) is 1. The van der Waals surface area contributed by atoms with Crippen LogP contribution >= 0.6 is 0 Å². The van der Waals surface area contributed by atoms with Gasteiger partial charge in [0.05, 0.1) is 25.6 Å². The second kappa shape index (κ2) is 8.34. The smallest absolute Gasteiger partial charge is 0.257 e. The molecule has 0 fully saturated rings. The number of aromatic nitrogens is 2. The average Bonchev–Trinajstić information content (AvgIpc) is 2.73. The van der Waals surface area contributed by atoms with Crippen molar-refractivity contribution < 1.29 is 14.3 Å². The molecule has 1 atom stereocenters. The maximum absolute atomic E-state index is 12.9. The molecule has 1 amide bonds. The third-order valence-electron chi connectivity index (χ3n) is 4.90. The molecule has 3 rings (SSSR count). The first-order chi connectivity index (χ1) is 13.9. The van der Waals surface area contributed by atoms with Crippen LogP contribution in [0.3, 0.4) is 0 Å². The average molecular weight is 395 g/mol. The van der Waals surface area contributed by atoms with Crippen LogP contribution in [0.4, 0.5) is 0 Å². The first kappa shape index (κ1) is 20.4. The van der Waals surface area contributed by atoms with Gasteiger partial charge >= 0.3 is 0 Å². The highest BCUT2D eigenvalue weighted by Crippen LogP contribution is 2.30. The maximum Gasteiger partial charge on any atom is 0.257 e. The lowest BCUT2D eigenvalue weighted by Gasteiger charge is -2.17. The lowest BCUT2D eigenvalue weighted by atomic mass is 10.1. The van der Waals surface area contributed by atoms with Gasteiger partial charge in [-0.1, -0.05) is 6.07 Å². The monoisotopic (exact) mass is 395 g/mol. The van der Waals surface area contributed by atoms with Crippen LogP contribution in [0.2, 0.25) is 0 Å². The van der Waals surface area contributed by atoms with Crippen molar-refractivity contribution in [2.45, 2.75) is 33.4 Å². The molecule has 29 heavy (non-hydrogen) atoms. The van der Waals surface area contributed by atoms with Crippen molar-refractivity contribution >= 4 is 16.9 Å². The zero-order valence-corrected chi connectivity index (χ0v) is 17.3. The van der Waals surface area contributed by atoms with E-state index in [1.165, 1.54) is 0 Å². The van der Waals surface area contributed by atoms with E-state index < -0.39 is 5.91 Å². The molecule has 0 aliphatic carbocycles. The first-order valence-corrected chi connectivity index (χ1v) is 9.43. The van der Waals surface area contributed by atoms with Crippen molar-refractivity contribution in [3.8, 4) is 11.5 Å². The molecule has 7 heteroatoms. The van der Waals surface area contributed by atoms with E-state index in [-0.39, 0.29) is 17.0 Å². The summed E-state index contributed by atoms with van der Waals surface area (Å²) in [4.78, 5) is 30.3. The van der Waals surface area contributed by atoms with Gasteiger partial charge in [-0.05, 0) is 50.6 Å². The van der Waals surface area contributed by atoms with E-state index in [0.29, 0.717) is 29.1 Å². The molecule has 1 N–H and O–H groups in total. The van der Waals surface area contributed by atoms with E-state index in [1.807, 2.05) is 31.4 Å². The van der Waals surface area contributed by atoms with Crippen molar-refractivity contribution in [1.29, 1.82) is 0 Å².